The van der Waals surface area contributed by atoms with Crippen LogP contribution in [0.25, 0.3) is 22.0 Å². The lowest BCUT2D eigenvalue weighted by Gasteiger charge is -2.11. The Morgan fingerprint density at radius 2 is 1.92 bits per heavy atom. The van der Waals surface area contributed by atoms with Crippen LogP contribution in [-0.2, 0) is 22.6 Å². The number of benzene rings is 3. The average Bonchev–Trinajstić information content (AvgIpc) is 3.43. The molecule has 0 unspecified atom stereocenters. The number of rotatable bonds is 8. The molecule has 0 spiro atoms. The van der Waals surface area contributed by atoms with Gasteiger partial charge in [0.05, 0.1) is 24.6 Å². The maximum absolute atomic E-state index is 12.0. The molecule has 0 aliphatic carbocycles. The fourth-order valence-corrected chi connectivity index (χ4v) is 4.61. The van der Waals surface area contributed by atoms with Gasteiger partial charge in [0.15, 0.2) is 0 Å². The molecule has 0 saturated heterocycles. The van der Waals surface area contributed by atoms with Gasteiger partial charge in [0.1, 0.15) is 30.4 Å². The summed E-state index contributed by atoms with van der Waals surface area (Å²) in [5.41, 5.74) is 12.1. The molecular formula is C29H31N3O4. The largest absolute Gasteiger partial charge is 0.491 e. The Hall–Kier alpha value is -3.84. The van der Waals surface area contributed by atoms with Crippen LogP contribution in [0.1, 0.15) is 49.7 Å². The molecule has 2 N–H and O–H groups in total. The van der Waals surface area contributed by atoms with E-state index in [0.717, 1.165) is 44.6 Å². The number of ether oxygens (including phenoxy) is 3. The van der Waals surface area contributed by atoms with Crippen LogP contribution in [-0.4, -0.2) is 29.0 Å². The van der Waals surface area contributed by atoms with Crippen molar-refractivity contribution in [1.82, 2.24) is 9.78 Å². The molecule has 3 aromatic carbocycles. The second kappa shape index (κ2) is 10.0. The minimum Gasteiger partial charge on any atom is -0.491 e. The van der Waals surface area contributed by atoms with Crippen LogP contribution in [0.15, 0.2) is 60.7 Å². The van der Waals surface area contributed by atoms with Crippen LogP contribution in [0, 0.1) is 0 Å². The highest BCUT2D eigenvalue weighted by Gasteiger charge is 2.21. The van der Waals surface area contributed by atoms with Gasteiger partial charge in [-0.15, -0.1) is 0 Å². The first-order chi connectivity index (χ1) is 17.4. The Labute approximate surface area is 210 Å². The number of aromatic nitrogens is 2. The average molecular weight is 486 g/mol. The highest BCUT2D eigenvalue weighted by atomic mass is 16.5. The molecule has 1 aliphatic rings. The monoisotopic (exact) mass is 485 g/mol. The van der Waals surface area contributed by atoms with E-state index in [1.807, 2.05) is 35.0 Å². The normalized spacial score (nSPS) is 14.6. The highest BCUT2D eigenvalue weighted by Crippen LogP contribution is 2.36. The Morgan fingerprint density at radius 3 is 2.72 bits per heavy atom. The molecule has 7 nitrogen and oxygen atoms in total. The lowest BCUT2D eigenvalue weighted by Crippen LogP contribution is -2.10. The fourth-order valence-electron chi connectivity index (χ4n) is 4.61. The number of para-hydroxylation sites is 1. The van der Waals surface area contributed by atoms with Crippen LogP contribution in [0.4, 0.5) is 0 Å². The van der Waals surface area contributed by atoms with Gasteiger partial charge >= 0.3 is 5.97 Å². The molecule has 0 bridgehead atoms. The van der Waals surface area contributed by atoms with Gasteiger partial charge in [0.2, 0.25) is 0 Å². The Kier molecular flexibility index (Phi) is 6.65. The van der Waals surface area contributed by atoms with E-state index in [9.17, 15) is 4.79 Å². The highest BCUT2D eigenvalue weighted by molar-refractivity contribution is 5.87. The number of carbonyl (C=O) groups is 1. The minimum absolute atomic E-state index is 0.106. The Balaban J connectivity index is 1.47. The molecule has 0 amide bonds. The molecule has 1 aliphatic heterocycles. The van der Waals surface area contributed by atoms with Crippen molar-refractivity contribution in [1.29, 1.82) is 0 Å². The van der Waals surface area contributed by atoms with Gasteiger partial charge < -0.3 is 19.9 Å². The van der Waals surface area contributed by atoms with Gasteiger partial charge in [-0.3, -0.25) is 9.48 Å². The van der Waals surface area contributed by atoms with E-state index in [1.165, 1.54) is 0 Å². The third-order valence-corrected chi connectivity index (χ3v) is 6.41. The zero-order chi connectivity index (χ0) is 25.2. The van der Waals surface area contributed by atoms with Crippen LogP contribution >= 0.6 is 0 Å². The zero-order valence-electron chi connectivity index (χ0n) is 20.9. The van der Waals surface area contributed by atoms with E-state index in [1.54, 1.807) is 6.92 Å². The van der Waals surface area contributed by atoms with Gasteiger partial charge in [0.25, 0.3) is 0 Å². The molecule has 0 radical (unpaired) electrons. The fraction of sp³-hybridized carbons (Fsp3) is 0.310. The number of nitrogens with two attached hydrogens (primary N) is 1. The van der Waals surface area contributed by atoms with Crippen molar-refractivity contribution in [3.63, 3.8) is 0 Å². The van der Waals surface area contributed by atoms with Crippen LogP contribution in [0.5, 0.6) is 11.5 Å². The van der Waals surface area contributed by atoms with Gasteiger partial charge in [-0.2, -0.15) is 5.10 Å². The number of fused-ring (bicyclic) bond motifs is 2. The van der Waals surface area contributed by atoms with Gasteiger partial charge in [-0.25, -0.2) is 0 Å². The lowest BCUT2D eigenvalue weighted by molar-refractivity contribution is -0.142. The second-order valence-corrected chi connectivity index (χ2v) is 9.27. The van der Waals surface area contributed by atoms with Crippen molar-refractivity contribution in [2.45, 2.75) is 45.9 Å². The summed E-state index contributed by atoms with van der Waals surface area (Å²) in [6, 6.07) is 20.2. The van der Waals surface area contributed by atoms with Gasteiger partial charge in [-0.05, 0) is 62.2 Å². The molecule has 186 valence electrons. The van der Waals surface area contributed by atoms with E-state index >= 15 is 0 Å². The Morgan fingerprint density at radius 1 is 1.14 bits per heavy atom. The van der Waals surface area contributed by atoms with Crippen molar-refractivity contribution in [3.8, 4) is 22.6 Å². The molecule has 7 heteroatoms. The van der Waals surface area contributed by atoms with Crippen molar-refractivity contribution >= 4 is 16.9 Å². The number of hydrogen-bond donors (Lipinski definition) is 1. The van der Waals surface area contributed by atoms with Crippen molar-refractivity contribution in [2.24, 2.45) is 5.73 Å². The summed E-state index contributed by atoms with van der Waals surface area (Å²) in [4.78, 5) is 12.0. The smallest absolute Gasteiger partial charge is 0.310 e. The quantitative estimate of drug-likeness (QED) is 0.338. The molecule has 36 heavy (non-hydrogen) atoms. The number of carbonyl (C=O) groups excluding carboxylic acids is 1. The van der Waals surface area contributed by atoms with E-state index in [4.69, 9.17) is 25.0 Å². The maximum Gasteiger partial charge on any atom is 0.310 e. The summed E-state index contributed by atoms with van der Waals surface area (Å²) < 4.78 is 19.0. The number of nitrogens with zero attached hydrogens (tertiary/aromatic N) is 2. The van der Waals surface area contributed by atoms with E-state index in [0.29, 0.717) is 19.0 Å². The standard InChI is InChI=1S/C29H31N3O4/c1-4-34-29(33)15-21-7-5-6-8-27(21)36-17-25-23-14-19(9-11-26(23)32(31-25)18(2)3)20-10-12-28-22(13-20)24(30)16-35-28/h5-14,18,24H,4,15-17,30H2,1-3H3/t24-/m1/s1. The summed E-state index contributed by atoms with van der Waals surface area (Å²) >= 11 is 0. The summed E-state index contributed by atoms with van der Waals surface area (Å²) in [5, 5.41) is 5.92. The topological polar surface area (TPSA) is 88.6 Å². The van der Waals surface area contributed by atoms with E-state index in [2.05, 4.69) is 44.2 Å². The predicted molar refractivity (Wildman–Crippen MR) is 139 cm³/mol. The van der Waals surface area contributed by atoms with Gasteiger partial charge in [-0.1, -0.05) is 30.3 Å². The first-order valence-electron chi connectivity index (χ1n) is 12.3. The molecule has 0 saturated carbocycles. The van der Waals surface area contributed by atoms with Crippen LogP contribution < -0.4 is 15.2 Å². The predicted octanol–water partition coefficient (Wildman–Crippen LogP) is 5.36. The third-order valence-electron chi connectivity index (χ3n) is 6.41. The minimum atomic E-state index is -0.271. The van der Waals surface area contributed by atoms with Crippen molar-refractivity contribution in [2.75, 3.05) is 13.2 Å². The number of esters is 1. The summed E-state index contributed by atoms with van der Waals surface area (Å²) in [6.45, 7) is 7.17. The number of hydrogen-bond acceptors (Lipinski definition) is 6. The van der Waals surface area contributed by atoms with Crippen LogP contribution in [0.3, 0.4) is 0 Å². The van der Waals surface area contributed by atoms with Crippen molar-refractivity contribution < 1.29 is 19.0 Å². The molecule has 1 aromatic heterocycles. The van der Waals surface area contributed by atoms with E-state index < -0.39 is 0 Å². The molecule has 1 atom stereocenters. The third kappa shape index (κ3) is 4.66. The zero-order valence-corrected chi connectivity index (χ0v) is 20.9. The van der Waals surface area contributed by atoms with Gasteiger partial charge in [0, 0.05) is 22.6 Å². The molecule has 5 rings (SSSR count). The summed E-state index contributed by atoms with van der Waals surface area (Å²) in [6.07, 6.45) is 0.166. The van der Waals surface area contributed by atoms with E-state index in [-0.39, 0.29) is 31.1 Å². The second-order valence-electron chi connectivity index (χ2n) is 9.27. The first kappa shape index (κ1) is 23.9. The molecule has 4 aromatic rings. The first-order valence-corrected chi connectivity index (χ1v) is 12.3. The summed E-state index contributed by atoms with van der Waals surface area (Å²) in [7, 11) is 0. The SMILES string of the molecule is CCOC(=O)Cc1ccccc1OCc1nn(C(C)C)c2ccc(-c3ccc4c(c3)[C@H](N)CO4)cc12. The molecule has 2 heterocycles. The summed E-state index contributed by atoms with van der Waals surface area (Å²) in [5.74, 6) is 1.24. The molecule has 0 fully saturated rings. The molecular weight excluding hydrogens is 454 g/mol. The lowest BCUT2D eigenvalue weighted by atomic mass is 9.99. The van der Waals surface area contributed by atoms with Crippen LogP contribution in [0.2, 0.25) is 0 Å². The maximum atomic E-state index is 12.0. The van der Waals surface area contributed by atoms with Crippen molar-refractivity contribution in [3.05, 3.63) is 77.5 Å². The Bertz CT molecular complexity index is 1410.